The van der Waals surface area contributed by atoms with Crippen molar-refractivity contribution in [3.05, 3.63) is 18.0 Å². The molecule has 1 aliphatic rings. The number of nitrogens with two attached hydrogens (primary N) is 1. The number of aryl methyl sites for hydroxylation is 1. The van der Waals surface area contributed by atoms with Crippen molar-refractivity contribution in [3.63, 3.8) is 0 Å². The van der Waals surface area contributed by atoms with Crippen LogP contribution in [0.2, 0.25) is 0 Å². The molecule has 1 aliphatic carbocycles. The predicted octanol–water partition coefficient (Wildman–Crippen LogP) is 1.06. The average molecular weight is 238 g/mol. The van der Waals surface area contributed by atoms with E-state index in [-0.39, 0.29) is 0 Å². The molecule has 0 spiro atoms. The van der Waals surface area contributed by atoms with Crippen LogP contribution in [0.5, 0.6) is 0 Å². The third-order valence-electron chi connectivity index (χ3n) is 2.85. The Kier molecular flexibility index (Phi) is 3.56. The van der Waals surface area contributed by atoms with Crippen molar-refractivity contribution in [2.24, 2.45) is 12.8 Å². The zero-order valence-electron chi connectivity index (χ0n) is 9.59. The van der Waals surface area contributed by atoms with Crippen molar-refractivity contribution in [1.29, 1.82) is 0 Å². The normalized spacial score (nSPS) is 15.6. The minimum absolute atomic E-state index is 0.608. The van der Waals surface area contributed by atoms with Crippen LogP contribution in [-0.4, -0.2) is 32.3 Å². The van der Waals surface area contributed by atoms with Crippen LogP contribution >= 0.6 is 12.2 Å². The van der Waals surface area contributed by atoms with Crippen molar-refractivity contribution < 1.29 is 0 Å². The molecule has 0 aromatic carbocycles. The lowest BCUT2D eigenvalue weighted by Crippen LogP contribution is -2.29. The van der Waals surface area contributed by atoms with Gasteiger partial charge in [0.25, 0.3) is 0 Å². The molecule has 16 heavy (non-hydrogen) atoms. The number of nitrogens with zero attached hydrogens (tertiary/aromatic N) is 3. The van der Waals surface area contributed by atoms with Gasteiger partial charge in [0.05, 0.1) is 11.2 Å². The van der Waals surface area contributed by atoms with Crippen LogP contribution in [-0.2, 0) is 13.6 Å². The van der Waals surface area contributed by atoms with Crippen LogP contribution in [0.3, 0.4) is 0 Å². The van der Waals surface area contributed by atoms with Crippen LogP contribution < -0.4 is 5.73 Å². The van der Waals surface area contributed by atoms with Gasteiger partial charge in [0.2, 0.25) is 0 Å². The van der Waals surface area contributed by atoms with Gasteiger partial charge in [-0.1, -0.05) is 12.2 Å². The molecule has 4 nitrogen and oxygen atoms in total. The summed E-state index contributed by atoms with van der Waals surface area (Å²) in [5.41, 5.74) is 6.81. The molecular weight excluding hydrogens is 220 g/mol. The molecule has 2 rings (SSSR count). The van der Waals surface area contributed by atoms with Crippen LogP contribution in [0.4, 0.5) is 0 Å². The highest BCUT2D eigenvalue weighted by Crippen LogP contribution is 2.28. The van der Waals surface area contributed by atoms with E-state index in [1.165, 1.54) is 18.4 Å². The number of hydrogen-bond donors (Lipinski definition) is 1. The summed E-state index contributed by atoms with van der Waals surface area (Å²) in [4.78, 5) is 3.06. The smallest absolute Gasteiger partial charge is 0.0740 e. The number of aromatic nitrogens is 2. The minimum Gasteiger partial charge on any atom is -0.393 e. The van der Waals surface area contributed by atoms with E-state index in [0.717, 1.165) is 25.6 Å². The maximum Gasteiger partial charge on any atom is 0.0740 e. The summed E-state index contributed by atoms with van der Waals surface area (Å²) < 4.78 is 1.84. The summed E-state index contributed by atoms with van der Waals surface area (Å²) >= 11 is 4.92. The van der Waals surface area contributed by atoms with Crippen LogP contribution in [0.15, 0.2) is 12.4 Å². The Morgan fingerprint density at radius 3 is 2.94 bits per heavy atom. The molecule has 1 heterocycles. The van der Waals surface area contributed by atoms with Gasteiger partial charge < -0.3 is 5.73 Å². The summed E-state index contributed by atoms with van der Waals surface area (Å²) in [5.74, 6) is 0. The maximum atomic E-state index is 5.55. The third kappa shape index (κ3) is 3.28. The Labute approximate surface area is 101 Å². The number of rotatable bonds is 6. The molecule has 0 saturated heterocycles. The Morgan fingerprint density at radius 2 is 2.44 bits per heavy atom. The van der Waals surface area contributed by atoms with Crippen molar-refractivity contribution in [2.45, 2.75) is 31.8 Å². The molecule has 1 aromatic rings. The van der Waals surface area contributed by atoms with E-state index >= 15 is 0 Å². The van der Waals surface area contributed by atoms with Gasteiger partial charge in [0, 0.05) is 44.4 Å². The zero-order chi connectivity index (χ0) is 11.5. The van der Waals surface area contributed by atoms with Gasteiger partial charge in [-0.3, -0.25) is 9.58 Å². The van der Waals surface area contributed by atoms with Crippen LogP contribution in [0.25, 0.3) is 0 Å². The molecule has 88 valence electrons. The molecule has 0 bridgehead atoms. The lowest BCUT2D eigenvalue weighted by atomic mass is 10.3. The first kappa shape index (κ1) is 11.5. The van der Waals surface area contributed by atoms with E-state index < -0.39 is 0 Å². The quantitative estimate of drug-likeness (QED) is 0.753. The van der Waals surface area contributed by atoms with Gasteiger partial charge in [-0.2, -0.15) is 5.10 Å². The Hall–Kier alpha value is -0.940. The topological polar surface area (TPSA) is 47.1 Å². The van der Waals surface area contributed by atoms with Crippen LogP contribution in [0, 0.1) is 0 Å². The van der Waals surface area contributed by atoms with Crippen molar-refractivity contribution >= 4 is 17.2 Å². The van der Waals surface area contributed by atoms with Crippen molar-refractivity contribution in [1.82, 2.24) is 14.7 Å². The lowest BCUT2D eigenvalue weighted by molar-refractivity contribution is 0.262. The van der Waals surface area contributed by atoms with Gasteiger partial charge in [-0.25, -0.2) is 0 Å². The first-order valence-electron chi connectivity index (χ1n) is 5.65. The fourth-order valence-electron chi connectivity index (χ4n) is 1.87. The Balaban J connectivity index is 1.89. The van der Waals surface area contributed by atoms with Gasteiger partial charge in [0.15, 0.2) is 0 Å². The van der Waals surface area contributed by atoms with E-state index in [1.54, 1.807) is 0 Å². The van der Waals surface area contributed by atoms with Crippen LogP contribution in [0.1, 0.15) is 24.8 Å². The molecule has 2 N–H and O–H groups in total. The van der Waals surface area contributed by atoms with E-state index in [0.29, 0.717) is 4.99 Å². The first-order chi connectivity index (χ1) is 7.65. The standard InChI is InChI=1S/C11H18N4S/c1-14-7-9(6-13-14)8-15(10-2-3-10)5-4-11(12)16/h6-7,10H,2-5,8H2,1H3,(H2,12,16). The summed E-state index contributed by atoms with van der Waals surface area (Å²) in [5, 5.41) is 4.18. The van der Waals surface area contributed by atoms with E-state index in [1.807, 2.05) is 17.9 Å². The van der Waals surface area contributed by atoms with E-state index in [4.69, 9.17) is 18.0 Å². The summed E-state index contributed by atoms with van der Waals surface area (Å²) in [6.07, 6.45) is 7.41. The second-order valence-electron chi connectivity index (χ2n) is 4.44. The molecule has 0 atom stereocenters. The molecule has 1 saturated carbocycles. The van der Waals surface area contributed by atoms with E-state index in [9.17, 15) is 0 Å². The van der Waals surface area contributed by atoms with Gasteiger partial charge >= 0.3 is 0 Å². The second kappa shape index (κ2) is 4.93. The monoisotopic (exact) mass is 238 g/mol. The van der Waals surface area contributed by atoms with E-state index in [2.05, 4.69) is 16.2 Å². The summed E-state index contributed by atoms with van der Waals surface area (Å²) in [6.45, 7) is 1.93. The summed E-state index contributed by atoms with van der Waals surface area (Å²) in [7, 11) is 1.94. The zero-order valence-corrected chi connectivity index (χ0v) is 10.4. The molecule has 0 aliphatic heterocycles. The second-order valence-corrected chi connectivity index (χ2v) is 4.96. The Morgan fingerprint density at radius 1 is 1.69 bits per heavy atom. The largest absolute Gasteiger partial charge is 0.393 e. The molecule has 1 aromatic heterocycles. The Bertz CT molecular complexity index is 370. The molecule has 1 fully saturated rings. The van der Waals surface area contributed by atoms with Gasteiger partial charge in [-0.15, -0.1) is 0 Å². The fourth-order valence-corrected chi connectivity index (χ4v) is 1.96. The maximum absolute atomic E-state index is 5.55. The number of hydrogen-bond acceptors (Lipinski definition) is 3. The van der Waals surface area contributed by atoms with Crippen molar-refractivity contribution in [3.8, 4) is 0 Å². The van der Waals surface area contributed by atoms with Gasteiger partial charge in [0.1, 0.15) is 0 Å². The first-order valence-corrected chi connectivity index (χ1v) is 6.06. The summed E-state index contributed by atoms with van der Waals surface area (Å²) in [6, 6.07) is 0.731. The third-order valence-corrected chi connectivity index (χ3v) is 3.06. The molecule has 0 amide bonds. The molecule has 0 radical (unpaired) electrons. The number of thiocarbonyl (C=S) groups is 1. The minimum atomic E-state index is 0.608. The average Bonchev–Trinajstić information content (AvgIpc) is 2.98. The predicted molar refractivity (Wildman–Crippen MR) is 68.0 cm³/mol. The fraction of sp³-hybridized carbons (Fsp3) is 0.636. The molecular formula is C11H18N4S. The SMILES string of the molecule is Cn1cc(CN(CCC(N)=S)C2CC2)cn1. The highest BCUT2D eigenvalue weighted by Gasteiger charge is 2.28. The van der Waals surface area contributed by atoms with Gasteiger partial charge in [-0.05, 0) is 12.8 Å². The molecule has 5 heteroatoms. The highest BCUT2D eigenvalue weighted by molar-refractivity contribution is 7.80. The molecule has 0 unspecified atom stereocenters. The lowest BCUT2D eigenvalue weighted by Gasteiger charge is -2.20. The highest BCUT2D eigenvalue weighted by atomic mass is 32.1. The van der Waals surface area contributed by atoms with Crippen molar-refractivity contribution in [2.75, 3.05) is 6.54 Å².